The number of amides is 1. The van der Waals surface area contributed by atoms with E-state index in [2.05, 4.69) is 26.7 Å². The maximum absolute atomic E-state index is 12.2. The molecule has 2 aromatic carbocycles. The van der Waals surface area contributed by atoms with Gasteiger partial charge in [0.2, 0.25) is 5.95 Å². The van der Waals surface area contributed by atoms with Crippen LogP contribution in [0, 0.1) is 11.3 Å². The molecular weight excluding hydrogens is 342 g/mol. The van der Waals surface area contributed by atoms with Crippen LogP contribution in [-0.4, -0.2) is 23.0 Å². The first-order valence-electron chi connectivity index (χ1n) is 8.19. The number of carbonyl (C=O) groups excluding carboxylic acids is 1. The van der Waals surface area contributed by atoms with Crippen molar-refractivity contribution in [2.24, 2.45) is 0 Å². The lowest BCUT2D eigenvalue weighted by molar-refractivity contribution is 0.0950. The summed E-state index contributed by atoms with van der Waals surface area (Å²) in [7, 11) is 1.61. The third-order valence-corrected chi connectivity index (χ3v) is 3.82. The average Bonchev–Trinajstić information content (AvgIpc) is 2.73. The van der Waals surface area contributed by atoms with Gasteiger partial charge in [-0.25, -0.2) is 9.97 Å². The fourth-order valence-corrected chi connectivity index (χ4v) is 2.35. The minimum Gasteiger partial charge on any atom is -0.497 e. The zero-order valence-electron chi connectivity index (χ0n) is 14.6. The first-order valence-corrected chi connectivity index (χ1v) is 8.19. The Morgan fingerprint density at radius 3 is 2.48 bits per heavy atom. The number of anilines is 2. The highest BCUT2D eigenvalue weighted by molar-refractivity contribution is 5.93. The highest BCUT2D eigenvalue weighted by Gasteiger charge is 2.08. The molecule has 0 aliphatic heterocycles. The Bertz CT molecular complexity index is 963. The normalized spacial score (nSPS) is 9.93. The van der Waals surface area contributed by atoms with Crippen LogP contribution in [0.4, 0.5) is 11.6 Å². The Morgan fingerprint density at radius 2 is 1.81 bits per heavy atom. The van der Waals surface area contributed by atoms with Crippen LogP contribution >= 0.6 is 0 Å². The van der Waals surface area contributed by atoms with Gasteiger partial charge in [0.25, 0.3) is 5.91 Å². The lowest BCUT2D eigenvalue weighted by atomic mass is 10.2. The second-order valence-corrected chi connectivity index (χ2v) is 5.61. The van der Waals surface area contributed by atoms with Gasteiger partial charge in [-0.2, -0.15) is 5.26 Å². The summed E-state index contributed by atoms with van der Waals surface area (Å²) in [6, 6.07) is 16.6. The summed E-state index contributed by atoms with van der Waals surface area (Å²) < 4.78 is 5.10. The lowest BCUT2D eigenvalue weighted by Crippen LogP contribution is -2.23. The minimum atomic E-state index is -0.269. The first kappa shape index (κ1) is 17.9. The number of nitriles is 1. The maximum atomic E-state index is 12.2. The molecule has 0 fully saturated rings. The van der Waals surface area contributed by atoms with Gasteiger partial charge in [-0.15, -0.1) is 0 Å². The number of aromatic nitrogens is 2. The molecule has 1 amide bonds. The van der Waals surface area contributed by atoms with E-state index in [1.165, 1.54) is 12.4 Å². The Kier molecular flexibility index (Phi) is 5.60. The molecule has 0 aliphatic carbocycles. The zero-order chi connectivity index (χ0) is 19.1. The Morgan fingerprint density at radius 1 is 1.11 bits per heavy atom. The lowest BCUT2D eigenvalue weighted by Gasteiger charge is -2.08. The van der Waals surface area contributed by atoms with Gasteiger partial charge in [-0.1, -0.05) is 24.3 Å². The zero-order valence-corrected chi connectivity index (χ0v) is 14.6. The molecule has 0 aliphatic rings. The third-order valence-electron chi connectivity index (χ3n) is 3.82. The van der Waals surface area contributed by atoms with E-state index in [0.29, 0.717) is 29.3 Å². The molecule has 3 aromatic rings. The quantitative estimate of drug-likeness (QED) is 0.702. The summed E-state index contributed by atoms with van der Waals surface area (Å²) in [5, 5.41) is 14.9. The molecule has 1 heterocycles. The van der Waals surface area contributed by atoms with Crippen molar-refractivity contribution in [2.75, 3.05) is 12.4 Å². The molecule has 3 rings (SSSR count). The molecule has 27 heavy (non-hydrogen) atoms. The molecule has 0 radical (unpaired) electrons. The average molecular weight is 359 g/mol. The van der Waals surface area contributed by atoms with Gasteiger partial charge >= 0.3 is 0 Å². The summed E-state index contributed by atoms with van der Waals surface area (Å²) >= 11 is 0. The highest BCUT2D eigenvalue weighted by atomic mass is 16.5. The van der Waals surface area contributed by atoms with Gasteiger partial charge in [-0.3, -0.25) is 4.79 Å². The smallest absolute Gasteiger partial charge is 0.254 e. The van der Waals surface area contributed by atoms with Crippen LogP contribution in [0.1, 0.15) is 21.5 Å². The largest absolute Gasteiger partial charge is 0.497 e. The number of rotatable bonds is 6. The van der Waals surface area contributed by atoms with Crippen LogP contribution in [-0.2, 0) is 6.54 Å². The predicted octanol–water partition coefficient (Wildman–Crippen LogP) is 3.03. The molecule has 0 atom stereocenters. The summed E-state index contributed by atoms with van der Waals surface area (Å²) in [4.78, 5) is 20.5. The fourth-order valence-electron chi connectivity index (χ4n) is 2.35. The number of hydrogen-bond donors (Lipinski definition) is 2. The van der Waals surface area contributed by atoms with Gasteiger partial charge in [0.05, 0.1) is 23.9 Å². The van der Waals surface area contributed by atoms with Gasteiger partial charge in [-0.05, 0) is 29.8 Å². The Labute approximate surface area is 156 Å². The molecule has 134 valence electrons. The van der Waals surface area contributed by atoms with Crippen molar-refractivity contribution in [3.63, 3.8) is 0 Å². The predicted molar refractivity (Wildman–Crippen MR) is 101 cm³/mol. The molecule has 2 N–H and O–H groups in total. The number of methoxy groups -OCH3 is 1. The first-order chi connectivity index (χ1) is 13.2. The van der Waals surface area contributed by atoms with E-state index < -0.39 is 0 Å². The van der Waals surface area contributed by atoms with E-state index in [1.54, 1.807) is 25.3 Å². The van der Waals surface area contributed by atoms with E-state index in [4.69, 9.17) is 10.00 Å². The van der Waals surface area contributed by atoms with Gasteiger partial charge in [0, 0.05) is 18.9 Å². The molecule has 7 heteroatoms. The van der Waals surface area contributed by atoms with Crippen LogP contribution < -0.4 is 15.4 Å². The second kappa shape index (κ2) is 8.45. The van der Waals surface area contributed by atoms with E-state index in [1.807, 2.05) is 30.3 Å². The van der Waals surface area contributed by atoms with Crippen molar-refractivity contribution in [1.29, 1.82) is 5.26 Å². The second-order valence-electron chi connectivity index (χ2n) is 5.61. The fraction of sp³-hybridized carbons (Fsp3) is 0.100. The topological polar surface area (TPSA) is 99.9 Å². The third kappa shape index (κ3) is 4.58. The van der Waals surface area contributed by atoms with Gasteiger partial charge in [0.15, 0.2) is 0 Å². The number of ether oxygens (including phenoxy) is 1. The number of hydrogen-bond acceptors (Lipinski definition) is 6. The van der Waals surface area contributed by atoms with Gasteiger partial charge in [0.1, 0.15) is 11.8 Å². The number of para-hydroxylation sites is 1. The molecule has 1 aromatic heterocycles. The standard InChI is InChI=1S/C20H17N5O2/c1-27-17-8-6-14(7-9-17)11-22-19(26)16-12-23-20(24-13-16)25-18-5-3-2-4-15(18)10-21/h2-9,12-13H,11H2,1H3,(H,22,26)(H,23,24,25). The molecule has 0 unspecified atom stereocenters. The number of carbonyl (C=O) groups is 1. The van der Waals surface area contributed by atoms with Crippen molar-refractivity contribution in [1.82, 2.24) is 15.3 Å². The van der Waals surface area contributed by atoms with E-state index in [9.17, 15) is 4.79 Å². The highest BCUT2D eigenvalue weighted by Crippen LogP contribution is 2.17. The summed E-state index contributed by atoms with van der Waals surface area (Å²) in [5.74, 6) is 0.804. The Hall–Kier alpha value is -3.92. The van der Waals surface area contributed by atoms with E-state index in [-0.39, 0.29) is 5.91 Å². The molecular formula is C20H17N5O2. The van der Waals surface area contributed by atoms with Crippen molar-refractivity contribution in [3.8, 4) is 11.8 Å². The SMILES string of the molecule is COc1ccc(CNC(=O)c2cnc(Nc3ccccc3C#N)nc2)cc1. The van der Waals surface area contributed by atoms with E-state index >= 15 is 0 Å². The van der Waals surface area contributed by atoms with Crippen molar-refractivity contribution < 1.29 is 9.53 Å². The van der Waals surface area contributed by atoms with Crippen LogP contribution in [0.5, 0.6) is 5.75 Å². The van der Waals surface area contributed by atoms with Crippen LogP contribution in [0.3, 0.4) is 0 Å². The van der Waals surface area contributed by atoms with Crippen LogP contribution in [0.2, 0.25) is 0 Å². The minimum absolute atomic E-state index is 0.269. The van der Waals surface area contributed by atoms with Crippen molar-refractivity contribution >= 4 is 17.5 Å². The van der Waals surface area contributed by atoms with Crippen molar-refractivity contribution in [3.05, 3.63) is 77.6 Å². The van der Waals surface area contributed by atoms with Gasteiger partial charge < -0.3 is 15.4 Å². The molecule has 0 bridgehead atoms. The molecule has 0 saturated heterocycles. The molecule has 0 spiro atoms. The maximum Gasteiger partial charge on any atom is 0.254 e. The monoisotopic (exact) mass is 359 g/mol. The summed E-state index contributed by atoms with van der Waals surface area (Å²) in [5.41, 5.74) is 2.40. The van der Waals surface area contributed by atoms with Crippen LogP contribution in [0.25, 0.3) is 0 Å². The number of benzene rings is 2. The van der Waals surface area contributed by atoms with E-state index in [0.717, 1.165) is 11.3 Å². The Balaban J connectivity index is 1.60. The van der Waals surface area contributed by atoms with Crippen molar-refractivity contribution in [2.45, 2.75) is 6.54 Å². The molecule has 7 nitrogen and oxygen atoms in total. The van der Waals surface area contributed by atoms with Crippen LogP contribution in [0.15, 0.2) is 60.9 Å². The number of nitrogens with zero attached hydrogens (tertiary/aromatic N) is 3. The summed E-state index contributed by atoms with van der Waals surface area (Å²) in [6.07, 6.45) is 2.88. The number of nitrogens with one attached hydrogen (secondary N) is 2. The summed E-state index contributed by atoms with van der Waals surface area (Å²) in [6.45, 7) is 0.387. The molecule has 0 saturated carbocycles.